The van der Waals surface area contributed by atoms with Crippen molar-refractivity contribution in [3.05, 3.63) is 157 Å². The molecule has 1 atom stereocenters. The van der Waals surface area contributed by atoms with E-state index < -0.39 is 26.3 Å². The fraction of sp³-hybridized carbons (Fsp3) is 0.238. The van der Waals surface area contributed by atoms with Crippen LogP contribution in [0.5, 0.6) is 0 Å². The van der Waals surface area contributed by atoms with Crippen molar-refractivity contribution in [2.75, 3.05) is 9.80 Å². The van der Waals surface area contributed by atoms with Crippen LogP contribution in [-0.2, 0) is 15.0 Å². The van der Waals surface area contributed by atoms with Crippen LogP contribution in [0.25, 0.3) is 17.7 Å². The number of carbonyl (C=O) groups is 2. The minimum Gasteiger partial charge on any atom is -0.303 e. The lowest BCUT2D eigenvalue weighted by atomic mass is 9.65. The van der Waals surface area contributed by atoms with Crippen molar-refractivity contribution in [2.45, 2.75) is 64.5 Å². The van der Waals surface area contributed by atoms with Crippen molar-refractivity contribution in [3.63, 3.8) is 0 Å². The highest BCUT2D eigenvalue weighted by atomic mass is 16.6. The molecule has 0 aliphatic carbocycles. The fourth-order valence-electron chi connectivity index (χ4n) is 7.85. The van der Waals surface area contributed by atoms with Crippen molar-refractivity contribution in [2.24, 2.45) is 0 Å². The zero-order valence-corrected chi connectivity index (χ0v) is 30.0. The molecule has 2 aliphatic rings. The Morgan fingerprint density at radius 1 is 0.692 bits per heavy atom. The molecule has 6 rings (SSSR count). The van der Waals surface area contributed by atoms with E-state index >= 15 is 0 Å². The quantitative estimate of drug-likeness (QED) is 0.108. The summed E-state index contributed by atoms with van der Waals surface area (Å²) in [5, 5.41) is 22.2. The predicted molar refractivity (Wildman–Crippen MR) is 205 cm³/mol. The first-order valence-corrected chi connectivity index (χ1v) is 17.0. The van der Waals surface area contributed by atoms with Crippen molar-refractivity contribution >= 4 is 52.3 Å². The molecule has 0 N–H and O–H groups in total. The molecule has 0 aromatic heterocycles. The van der Waals surface area contributed by atoms with Crippen LogP contribution in [0.15, 0.2) is 109 Å². The summed E-state index contributed by atoms with van der Waals surface area (Å²) in [7, 11) is 0. The monoisotopic (exact) mass is 696 g/mol. The summed E-state index contributed by atoms with van der Waals surface area (Å²) >= 11 is 0. The van der Waals surface area contributed by atoms with Crippen LogP contribution in [0.2, 0.25) is 0 Å². The number of carbonyl (C=O) groups excluding carboxylic acids is 2. The summed E-state index contributed by atoms with van der Waals surface area (Å²) in [5.74, 6) is -0.431. The molecule has 0 spiro atoms. The van der Waals surface area contributed by atoms with Gasteiger partial charge in [-0.3, -0.25) is 34.7 Å². The number of anilines is 2. The van der Waals surface area contributed by atoms with Crippen LogP contribution in [0.3, 0.4) is 0 Å². The molecule has 0 unspecified atom stereocenters. The smallest absolute Gasteiger partial charge is 0.269 e. The van der Waals surface area contributed by atoms with Gasteiger partial charge in [-0.2, -0.15) is 0 Å². The maximum atomic E-state index is 14.1. The van der Waals surface area contributed by atoms with E-state index in [9.17, 15) is 29.8 Å². The SMILES string of the molecule is CC1=CC(C)(C)N(C(=O)/C=C/c2ccc([N+](=O)[O-])cc2)c2cc([C@]3(C)CC(C)(C)N(C(=O)/C=C\c4ccc([N+](=O)[O-])cc4)c4ccccc43)ccc21. The van der Waals surface area contributed by atoms with Gasteiger partial charge in [0.15, 0.2) is 0 Å². The molecule has 4 aromatic carbocycles. The zero-order chi connectivity index (χ0) is 37.6. The lowest BCUT2D eigenvalue weighted by Crippen LogP contribution is -2.55. The van der Waals surface area contributed by atoms with Gasteiger partial charge in [0.25, 0.3) is 23.2 Å². The molecule has 0 fully saturated rings. The van der Waals surface area contributed by atoms with Gasteiger partial charge < -0.3 is 4.90 Å². The van der Waals surface area contributed by atoms with Crippen molar-refractivity contribution in [3.8, 4) is 0 Å². The lowest BCUT2D eigenvalue weighted by Gasteiger charge is -2.51. The summed E-state index contributed by atoms with van der Waals surface area (Å²) in [6.07, 6.45) is 9.01. The average molecular weight is 697 g/mol. The van der Waals surface area contributed by atoms with Gasteiger partial charge in [-0.05, 0) is 117 Å². The molecule has 10 heteroatoms. The molecule has 0 radical (unpaired) electrons. The third kappa shape index (κ3) is 6.55. The van der Waals surface area contributed by atoms with Crippen molar-refractivity contribution in [1.29, 1.82) is 0 Å². The largest absolute Gasteiger partial charge is 0.303 e. The summed E-state index contributed by atoms with van der Waals surface area (Å²) < 4.78 is 0. The molecular weight excluding hydrogens is 656 g/mol. The Morgan fingerprint density at radius 2 is 1.21 bits per heavy atom. The van der Waals surface area contributed by atoms with Crippen LogP contribution in [0.4, 0.5) is 22.7 Å². The molecule has 2 aliphatic heterocycles. The van der Waals surface area contributed by atoms with E-state index in [1.54, 1.807) is 41.3 Å². The molecule has 4 aromatic rings. The molecule has 52 heavy (non-hydrogen) atoms. The Labute approximate surface area is 302 Å². The van der Waals surface area contributed by atoms with Crippen LogP contribution in [-0.4, -0.2) is 32.7 Å². The Kier molecular flexibility index (Phi) is 9.04. The number of benzene rings is 4. The highest BCUT2D eigenvalue weighted by molar-refractivity contribution is 6.08. The topological polar surface area (TPSA) is 127 Å². The number of fused-ring (bicyclic) bond motifs is 2. The number of non-ortho nitro benzene ring substituents is 2. The first-order chi connectivity index (χ1) is 24.5. The first-order valence-electron chi connectivity index (χ1n) is 17.0. The van der Waals surface area contributed by atoms with Gasteiger partial charge in [0.05, 0.1) is 21.1 Å². The number of hydrogen-bond donors (Lipinski definition) is 0. The van der Waals surface area contributed by atoms with E-state index in [0.717, 1.165) is 33.6 Å². The number of nitro groups is 2. The van der Waals surface area contributed by atoms with E-state index in [0.29, 0.717) is 17.5 Å². The molecule has 0 bridgehead atoms. The van der Waals surface area contributed by atoms with Crippen LogP contribution >= 0.6 is 0 Å². The second kappa shape index (κ2) is 13.2. The summed E-state index contributed by atoms with van der Waals surface area (Å²) in [6, 6.07) is 26.3. The maximum absolute atomic E-state index is 14.1. The number of hydrogen-bond acceptors (Lipinski definition) is 6. The summed E-state index contributed by atoms with van der Waals surface area (Å²) in [5.41, 5.74) is 5.02. The van der Waals surface area contributed by atoms with Gasteiger partial charge in [0.2, 0.25) is 0 Å². The van der Waals surface area contributed by atoms with Gasteiger partial charge in [0, 0.05) is 58.6 Å². The first kappa shape index (κ1) is 35.7. The van der Waals surface area contributed by atoms with Crippen LogP contribution in [0.1, 0.15) is 75.8 Å². The van der Waals surface area contributed by atoms with Gasteiger partial charge >= 0.3 is 0 Å². The Balaban J connectivity index is 1.37. The minimum atomic E-state index is -0.656. The number of nitrogens with zero attached hydrogens (tertiary/aromatic N) is 4. The van der Waals surface area contributed by atoms with Gasteiger partial charge in [-0.25, -0.2) is 0 Å². The Hall–Kier alpha value is -6.16. The predicted octanol–water partition coefficient (Wildman–Crippen LogP) is 9.28. The number of allylic oxidation sites excluding steroid dienone is 1. The van der Waals surface area contributed by atoms with Gasteiger partial charge in [-0.15, -0.1) is 0 Å². The van der Waals surface area contributed by atoms with E-state index in [4.69, 9.17) is 0 Å². The number of amides is 2. The molecule has 0 saturated heterocycles. The summed E-state index contributed by atoms with van der Waals surface area (Å²) in [6.45, 7) is 12.3. The second-order valence-corrected chi connectivity index (χ2v) is 14.8. The normalized spacial score (nSPS) is 18.8. The van der Waals surface area contributed by atoms with Crippen LogP contribution in [0, 0.1) is 20.2 Å². The minimum absolute atomic E-state index is 0.0167. The number of nitro benzene ring substituents is 2. The summed E-state index contributed by atoms with van der Waals surface area (Å²) in [4.78, 5) is 52.9. The average Bonchev–Trinajstić information content (AvgIpc) is 3.09. The van der Waals surface area contributed by atoms with Crippen LogP contribution < -0.4 is 9.80 Å². The highest BCUT2D eigenvalue weighted by Crippen LogP contribution is 2.52. The highest BCUT2D eigenvalue weighted by Gasteiger charge is 2.48. The number of rotatable bonds is 7. The van der Waals surface area contributed by atoms with E-state index in [-0.39, 0.29) is 23.2 Å². The number of para-hydroxylation sites is 1. The third-order valence-electron chi connectivity index (χ3n) is 10.1. The molecule has 2 amide bonds. The Bertz CT molecular complexity index is 2200. The van der Waals surface area contributed by atoms with Crippen molar-refractivity contribution in [1.82, 2.24) is 0 Å². The van der Waals surface area contributed by atoms with Gasteiger partial charge in [0.1, 0.15) is 0 Å². The maximum Gasteiger partial charge on any atom is 0.269 e. The molecule has 10 nitrogen and oxygen atoms in total. The lowest BCUT2D eigenvalue weighted by molar-refractivity contribution is -0.385. The molecule has 0 saturated carbocycles. The zero-order valence-electron chi connectivity index (χ0n) is 30.0. The third-order valence-corrected chi connectivity index (χ3v) is 10.1. The van der Waals surface area contributed by atoms with E-state index in [1.807, 2.05) is 57.7 Å². The Morgan fingerprint density at radius 3 is 1.75 bits per heavy atom. The van der Waals surface area contributed by atoms with Gasteiger partial charge in [-0.1, -0.05) is 43.3 Å². The molecule has 2 heterocycles. The van der Waals surface area contributed by atoms with E-state index in [1.165, 1.54) is 36.4 Å². The van der Waals surface area contributed by atoms with E-state index in [2.05, 4.69) is 37.3 Å². The fourth-order valence-corrected chi connectivity index (χ4v) is 7.85. The van der Waals surface area contributed by atoms with Crippen molar-refractivity contribution < 1.29 is 19.4 Å². The standard InChI is InChI=1S/C42H40N4O6/c1-28-26-40(2,3)44(39(48)24-16-30-13-20-33(21-14-30)46(51)52)37-25-31(17-22-34(28)37)42(6)27-41(4,5)43(36-10-8-7-9-35(36)42)38(47)23-15-29-11-18-32(19-12-29)45(49)50/h7-26H,27H2,1-6H3/b23-15-,24-16+/t42-/m0/s1. The molecule has 264 valence electrons. The molecular formula is C42H40N4O6. The second-order valence-electron chi connectivity index (χ2n) is 14.8.